The molecule has 0 aliphatic carbocycles. The Morgan fingerprint density at radius 3 is 0.862 bits per heavy atom. The van der Waals surface area contributed by atoms with Crippen molar-refractivity contribution in [2.45, 2.75) is 142 Å². The first kappa shape index (κ1) is 33.1. The molecule has 0 aliphatic rings. The van der Waals surface area contributed by atoms with Crippen LogP contribution in [0, 0.1) is 0 Å². The zero-order valence-electron chi connectivity index (χ0n) is 19.2. The van der Waals surface area contributed by atoms with E-state index in [-0.39, 0.29) is 16.8 Å². The van der Waals surface area contributed by atoms with Gasteiger partial charge in [0.15, 0.2) is 0 Å². The zero-order valence-corrected chi connectivity index (χ0v) is 20.2. The predicted molar refractivity (Wildman–Crippen MR) is 119 cm³/mol. The molecular formula is C24H48CoO4. The molecule has 2 N–H and O–H groups in total. The second-order valence-corrected chi connectivity index (χ2v) is 7.94. The van der Waals surface area contributed by atoms with Crippen LogP contribution in [0.25, 0.3) is 0 Å². The van der Waals surface area contributed by atoms with Gasteiger partial charge in [0.25, 0.3) is 0 Å². The van der Waals surface area contributed by atoms with Crippen LogP contribution in [0.1, 0.15) is 142 Å². The van der Waals surface area contributed by atoms with Gasteiger partial charge in [-0.1, -0.05) is 117 Å². The van der Waals surface area contributed by atoms with Gasteiger partial charge in [-0.3, -0.25) is 9.59 Å². The molecule has 5 heteroatoms. The number of unbranched alkanes of at least 4 members (excludes halogenated alkanes) is 16. The van der Waals surface area contributed by atoms with E-state index in [9.17, 15) is 9.59 Å². The fraction of sp³-hybridized carbons (Fsp3) is 0.917. The number of aliphatic carboxylic acids is 2. The summed E-state index contributed by atoms with van der Waals surface area (Å²) in [6, 6.07) is 0. The Morgan fingerprint density at radius 2 is 0.655 bits per heavy atom. The van der Waals surface area contributed by atoms with Crippen molar-refractivity contribution in [2.24, 2.45) is 0 Å². The van der Waals surface area contributed by atoms with Crippen molar-refractivity contribution >= 4 is 11.9 Å². The van der Waals surface area contributed by atoms with Crippen LogP contribution < -0.4 is 0 Å². The minimum absolute atomic E-state index is 0. The molecule has 0 aromatic rings. The first-order valence-electron chi connectivity index (χ1n) is 12.0. The molecule has 0 saturated heterocycles. The summed E-state index contributed by atoms with van der Waals surface area (Å²) in [5.74, 6) is -1.32. The summed E-state index contributed by atoms with van der Waals surface area (Å²) >= 11 is 0. The minimum Gasteiger partial charge on any atom is -0.481 e. The maximum Gasteiger partial charge on any atom is 0.303 e. The third-order valence-electron chi connectivity index (χ3n) is 4.99. The van der Waals surface area contributed by atoms with Gasteiger partial charge in [-0.2, -0.15) is 0 Å². The van der Waals surface area contributed by atoms with Gasteiger partial charge in [-0.25, -0.2) is 0 Å². The van der Waals surface area contributed by atoms with Crippen LogP contribution in [0.4, 0.5) is 0 Å². The third kappa shape index (κ3) is 38.6. The van der Waals surface area contributed by atoms with E-state index in [1.807, 2.05) is 0 Å². The van der Waals surface area contributed by atoms with Crippen LogP contribution in [0.15, 0.2) is 0 Å². The largest absolute Gasteiger partial charge is 0.481 e. The molecule has 0 aromatic heterocycles. The molecule has 177 valence electrons. The van der Waals surface area contributed by atoms with Crippen LogP contribution in [0.3, 0.4) is 0 Å². The fourth-order valence-electron chi connectivity index (χ4n) is 3.17. The van der Waals surface area contributed by atoms with Crippen molar-refractivity contribution in [1.82, 2.24) is 0 Å². The predicted octanol–water partition coefficient (Wildman–Crippen LogP) is 7.98. The van der Waals surface area contributed by atoms with E-state index in [1.165, 1.54) is 89.9 Å². The van der Waals surface area contributed by atoms with Crippen molar-refractivity contribution < 1.29 is 36.6 Å². The Labute approximate surface area is 190 Å². The van der Waals surface area contributed by atoms with E-state index in [1.54, 1.807) is 0 Å². The van der Waals surface area contributed by atoms with E-state index in [4.69, 9.17) is 10.2 Å². The molecule has 0 aromatic carbocycles. The van der Waals surface area contributed by atoms with Gasteiger partial charge in [-0.15, -0.1) is 0 Å². The summed E-state index contributed by atoms with van der Waals surface area (Å²) in [5.41, 5.74) is 0. The SMILES string of the molecule is CCCCCCCCCCCC(=O)O.CCCCCCCCCCCC(=O)O.[Co]. The Balaban J connectivity index is -0.000000451. The quantitative estimate of drug-likeness (QED) is 0.181. The molecule has 29 heavy (non-hydrogen) atoms. The number of hydrogen-bond donors (Lipinski definition) is 2. The normalized spacial score (nSPS) is 10.0. The van der Waals surface area contributed by atoms with Crippen LogP contribution in [-0.4, -0.2) is 22.2 Å². The monoisotopic (exact) mass is 459 g/mol. The second-order valence-electron chi connectivity index (χ2n) is 7.94. The average molecular weight is 460 g/mol. The second kappa shape index (κ2) is 29.6. The van der Waals surface area contributed by atoms with E-state index in [0.29, 0.717) is 12.8 Å². The van der Waals surface area contributed by atoms with E-state index in [0.717, 1.165) is 25.7 Å². The smallest absolute Gasteiger partial charge is 0.303 e. The molecule has 0 rings (SSSR count). The number of hydrogen-bond acceptors (Lipinski definition) is 2. The fourth-order valence-corrected chi connectivity index (χ4v) is 3.17. The number of carboxylic acid groups (broad SMARTS) is 2. The summed E-state index contributed by atoms with van der Waals surface area (Å²) in [6.45, 7) is 4.46. The summed E-state index contributed by atoms with van der Waals surface area (Å²) < 4.78 is 0. The number of rotatable bonds is 20. The molecule has 1 radical (unpaired) electrons. The van der Waals surface area contributed by atoms with Gasteiger partial charge in [0, 0.05) is 29.6 Å². The van der Waals surface area contributed by atoms with Crippen molar-refractivity contribution in [3.8, 4) is 0 Å². The molecule has 0 heterocycles. The Hall–Kier alpha value is -0.554. The summed E-state index contributed by atoms with van der Waals surface area (Å²) in [4.78, 5) is 20.4. The standard InChI is InChI=1S/2C12H24O2.Co/c2*1-2-3-4-5-6-7-8-9-10-11-12(13)14;/h2*2-11H2,1H3,(H,13,14);. The van der Waals surface area contributed by atoms with Gasteiger partial charge in [0.1, 0.15) is 0 Å². The maximum absolute atomic E-state index is 10.2. The van der Waals surface area contributed by atoms with Crippen LogP contribution in [0.5, 0.6) is 0 Å². The molecule has 0 fully saturated rings. The number of carbonyl (C=O) groups is 2. The molecule has 0 saturated carbocycles. The molecular weight excluding hydrogens is 411 g/mol. The molecule has 0 atom stereocenters. The van der Waals surface area contributed by atoms with Gasteiger partial charge < -0.3 is 10.2 Å². The molecule has 4 nitrogen and oxygen atoms in total. The Bertz CT molecular complexity index is 303. The molecule has 0 unspecified atom stereocenters. The first-order chi connectivity index (χ1) is 13.5. The summed E-state index contributed by atoms with van der Waals surface area (Å²) in [7, 11) is 0. The van der Waals surface area contributed by atoms with Gasteiger partial charge in [0.2, 0.25) is 0 Å². The Morgan fingerprint density at radius 1 is 0.448 bits per heavy atom. The third-order valence-corrected chi connectivity index (χ3v) is 4.99. The molecule has 0 spiro atoms. The maximum atomic E-state index is 10.2. The molecule has 0 aliphatic heterocycles. The van der Waals surface area contributed by atoms with E-state index in [2.05, 4.69) is 13.8 Å². The average Bonchev–Trinajstić information content (AvgIpc) is 2.65. The minimum atomic E-state index is -0.659. The molecule has 0 bridgehead atoms. The summed E-state index contributed by atoms with van der Waals surface area (Å²) in [6.07, 6.45) is 23.0. The van der Waals surface area contributed by atoms with Crippen molar-refractivity contribution in [1.29, 1.82) is 0 Å². The van der Waals surface area contributed by atoms with E-state index >= 15 is 0 Å². The van der Waals surface area contributed by atoms with Gasteiger partial charge >= 0.3 is 11.9 Å². The van der Waals surface area contributed by atoms with Crippen LogP contribution in [0.2, 0.25) is 0 Å². The summed E-state index contributed by atoms with van der Waals surface area (Å²) in [5, 5.41) is 16.8. The molecule has 0 amide bonds. The van der Waals surface area contributed by atoms with Crippen LogP contribution in [-0.2, 0) is 26.4 Å². The first-order valence-corrected chi connectivity index (χ1v) is 12.0. The number of carboxylic acids is 2. The Kier molecular flexibility index (Phi) is 33.8. The van der Waals surface area contributed by atoms with E-state index < -0.39 is 11.9 Å². The van der Waals surface area contributed by atoms with Crippen molar-refractivity contribution in [3.63, 3.8) is 0 Å². The van der Waals surface area contributed by atoms with Crippen molar-refractivity contribution in [3.05, 3.63) is 0 Å². The van der Waals surface area contributed by atoms with Crippen LogP contribution >= 0.6 is 0 Å². The van der Waals surface area contributed by atoms with Gasteiger partial charge in [-0.05, 0) is 12.8 Å². The zero-order chi connectivity index (χ0) is 21.3. The van der Waals surface area contributed by atoms with Crippen molar-refractivity contribution in [2.75, 3.05) is 0 Å². The topological polar surface area (TPSA) is 74.6 Å². The van der Waals surface area contributed by atoms with Gasteiger partial charge in [0.05, 0.1) is 0 Å².